The van der Waals surface area contributed by atoms with E-state index in [0.717, 1.165) is 24.1 Å². The molecule has 2 aliphatic rings. The van der Waals surface area contributed by atoms with Crippen LogP contribution in [0.5, 0.6) is 0 Å². The van der Waals surface area contributed by atoms with Crippen LogP contribution in [0.15, 0.2) is 12.1 Å². The minimum atomic E-state index is -0.801. The van der Waals surface area contributed by atoms with Gasteiger partial charge >= 0.3 is 5.97 Å². The molecule has 5 nitrogen and oxygen atoms in total. The molecule has 8 heteroatoms. The number of carbonyl (C=O) groups excluding carboxylic acids is 1. The summed E-state index contributed by atoms with van der Waals surface area (Å²) < 4.78 is 0.710. The van der Waals surface area contributed by atoms with Gasteiger partial charge in [0.25, 0.3) is 0 Å². The van der Waals surface area contributed by atoms with Crippen LogP contribution in [0.1, 0.15) is 37.0 Å². The number of nitrogens with zero attached hydrogens (tertiary/aromatic N) is 2. The molecule has 25 heavy (non-hydrogen) atoms. The SMILES string of the molecule is CN(Cc1ccc(Cl)s1)C(=O)CN1C(C(=O)O)CC2CCCCC21.Cl. The largest absolute Gasteiger partial charge is 0.480 e. The Hall–Kier alpha value is -0.820. The number of rotatable bonds is 5. The summed E-state index contributed by atoms with van der Waals surface area (Å²) in [6.45, 7) is 0.698. The maximum absolute atomic E-state index is 12.6. The minimum absolute atomic E-state index is 0. The highest BCUT2D eigenvalue weighted by Crippen LogP contribution is 2.39. The number of fused-ring (bicyclic) bond motifs is 1. The second-order valence-electron chi connectivity index (χ2n) is 6.83. The second-order valence-corrected chi connectivity index (χ2v) is 8.63. The van der Waals surface area contributed by atoms with Crippen LogP contribution in [0.25, 0.3) is 0 Å². The smallest absolute Gasteiger partial charge is 0.320 e. The lowest BCUT2D eigenvalue weighted by atomic mass is 9.85. The van der Waals surface area contributed by atoms with Crippen molar-refractivity contribution >= 4 is 47.2 Å². The predicted molar refractivity (Wildman–Crippen MR) is 102 cm³/mol. The van der Waals surface area contributed by atoms with E-state index in [0.29, 0.717) is 23.2 Å². The molecule has 1 aromatic heterocycles. The van der Waals surface area contributed by atoms with Gasteiger partial charge in [0.05, 0.1) is 17.4 Å². The van der Waals surface area contributed by atoms with Crippen molar-refractivity contribution in [1.29, 1.82) is 0 Å². The Morgan fingerprint density at radius 2 is 2.08 bits per heavy atom. The number of aliphatic carboxylic acids is 1. The van der Waals surface area contributed by atoms with E-state index in [1.807, 2.05) is 17.0 Å². The number of carboxylic acids is 1. The number of halogens is 2. The molecule has 1 aliphatic carbocycles. The van der Waals surface area contributed by atoms with Gasteiger partial charge in [-0.1, -0.05) is 24.4 Å². The zero-order valence-electron chi connectivity index (χ0n) is 14.2. The fourth-order valence-electron chi connectivity index (χ4n) is 4.06. The molecule has 2 heterocycles. The molecule has 1 N–H and O–H groups in total. The molecule has 3 rings (SSSR count). The van der Waals surface area contributed by atoms with Crippen molar-refractivity contribution in [3.63, 3.8) is 0 Å². The van der Waals surface area contributed by atoms with Crippen LogP contribution < -0.4 is 0 Å². The molecule has 140 valence electrons. The molecule has 1 aromatic rings. The molecule has 1 aliphatic heterocycles. The Morgan fingerprint density at radius 3 is 2.72 bits per heavy atom. The summed E-state index contributed by atoms with van der Waals surface area (Å²) in [7, 11) is 1.76. The number of amides is 1. The third-order valence-corrected chi connectivity index (χ3v) is 6.49. The lowest BCUT2D eigenvalue weighted by Crippen LogP contribution is -2.47. The molecular formula is C17H24Cl2N2O3S. The van der Waals surface area contributed by atoms with E-state index in [9.17, 15) is 14.7 Å². The van der Waals surface area contributed by atoms with Gasteiger partial charge in [-0.25, -0.2) is 0 Å². The number of likely N-dealkylation sites (N-methyl/N-ethyl adjacent to an activating group) is 1. The molecule has 3 atom stereocenters. The van der Waals surface area contributed by atoms with Crippen molar-refractivity contribution in [2.75, 3.05) is 13.6 Å². The van der Waals surface area contributed by atoms with Gasteiger partial charge in [0.15, 0.2) is 0 Å². The van der Waals surface area contributed by atoms with Crippen LogP contribution >= 0.6 is 35.3 Å². The molecule has 0 radical (unpaired) electrons. The van der Waals surface area contributed by atoms with Crippen molar-refractivity contribution in [2.45, 2.75) is 50.7 Å². The predicted octanol–water partition coefficient (Wildman–Crippen LogP) is 3.50. The number of hydrogen-bond acceptors (Lipinski definition) is 4. The molecule has 0 bridgehead atoms. The number of thiophene rings is 1. The zero-order chi connectivity index (χ0) is 17.3. The molecule has 1 saturated heterocycles. The highest BCUT2D eigenvalue weighted by Gasteiger charge is 2.45. The van der Waals surface area contributed by atoms with Gasteiger partial charge in [-0.2, -0.15) is 0 Å². The zero-order valence-corrected chi connectivity index (χ0v) is 16.6. The lowest BCUT2D eigenvalue weighted by Gasteiger charge is -2.33. The van der Waals surface area contributed by atoms with E-state index in [4.69, 9.17) is 11.6 Å². The molecule has 1 amide bonds. The summed E-state index contributed by atoms with van der Waals surface area (Å²) in [5.41, 5.74) is 0. The number of carboxylic acid groups (broad SMARTS) is 1. The van der Waals surface area contributed by atoms with Gasteiger partial charge in [-0.3, -0.25) is 14.5 Å². The third-order valence-electron chi connectivity index (χ3n) is 5.27. The number of likely N-dealkylation sites (tertiary alicyclic amines) is 1. The van der Waals surface area contributed by atoms with Crippen LogP contribution in [0.3, 0.4) is 0 Å². The van der Waals surface area contributed by atoms with Crippen molar-refractivity contribution in [2.24, 2.45) is 5.92 Å². The van der Waals surface area contributed by atoms with Gasteiger partial charge in [0, 0.05) is 18.0 Å². The normalized spacial score (nSPS) is 25.9. The first-order chi connectivity index (χ1) is 11.5. The average Bonchev–Trinajstić information content (AvgIpc) is 3.11. The van der Waals surface area contributed by atoms with E-state index >= 15 is 0 Å². The van der Waals surface area contributed by atoms with Crippen molar-refractivity contribution in [3.05, 3.63) is 21.3 Å². The van der Waals surface area contributed by atoms with Crippen LogP contribution in [-0.2, 0) is 16.1 Å². The van der Waals surface area contributed by atoms with Gasteiger partial charge in [0.2, 0.25) is 5.91 Å². The summed E-state index contributed by atoms with van der Waals surface area (Å²) in [6.07, 6.45) is 5.07. The summed E-state index contributed by atoms with van der Waals surface area (Å²) >= 11 is 7.40. The standard InChI is InChI=1S/C17H23ClN2O3S.ClH/c1-19(9-12-6-7-15(18)24-12)16(21)10-20-13-5-3-2-4-11(13)8-14(20)17(22)23;/h6-7,11,13-14H,2-5,8-10H2,1H3,(H,22,23);1H. The lowest BCUT2D eigenvalue weighted by molar-refractivity contribution is -0.144. The third kappa shape index (κ3) is 4.67. The Bertz CT molecular complexity index is 625. The maximum Gasteiger partial charge on any atom is 0.320 e. The summed E-state index contributed by atoms with van der Waals surface area (Å²) in [5.74, 6) is -0.407. The van der Waals surface area contributed by atoms with E-state index in [1.165, 1.54) is 17.8 Å². The molecule has 3 unspecified atom stereocenters. The number of carbonyl (C=O) groups is 2. The molecule has 0 aromatic carbocycles. The maximum atomic E-state index is 12.6. The summed E-state index contributed by atoms with van der Waals surface area (Å²) in [6, 6.07) is 3.47. The minimum Gasteiger partial charge on any atom is -0.480 e. The highest BCUT2D eigenvalue weighted by atomic mass is 35.5. The first kappa shape index (κ1) is 20.5. The summed E-state index contributed by atoms with van der Waals surface area (Å²) in [5, 5.41) is 9.54. The Kier molecular flexibility index (Phi) is 7.14. The molecular weight excluding hydrogens is 383 g/mol. The van der Waals surface area contributed by atoms with Crippen LogP contribution in [0.2, 0.25) is 4.34 Å². The Labute approximate surface area is 163 Å². The van der Waals surface area contributed by atoms with Crippen molar-refractivity contribution in [1.82, 2.24) is 9.80 Å². The van der Waals surface area contributed by atoms with Gasteiger partial charge in [-0.15, -0.1) is 23.7 Å². The topological polar surface area (TPSA) is 60.9 Å². The van der Waals surface area contributed by atoms with Crippen LogP contribution in [0.4, 0.5) is 0 Å². The first-order valence-corrected chi connectivity index (χ1v) is 9.62. The molecule has 1 saturated carbocycles. The van der Waals surface area contributed by atoms with E-state index < -0.39 is 12.0 Å². The fourth-order valence-corrected chi connectivity index (χ4v) is 5.20. The molecule has 2 fully saturated rings. The van der Waals surface area contributed by atoms with Gasteiger partial charge < -0.3 is 10.0 Å². The van der Waals surface area contributed by atoms with Crippen LogP contribution in [0, 0.1) is 5.92 Å². The Balaban J connectivity index is 0.00000225. The van der Waals surface area contributed by atoms with Gasteiger partial charge in [-0.05, 0) is 37.3 Å². The second kappa shape index (κ2) is 8.71. The Morgan fingerprint density at radius 1 is 1.36 bits per heavy atom. The highest BCUT2D eigenvalue weighted by molar-refractivity contribution is 7.16. The van der Waals surface area contributed by atoms with E-state index in [2.05, 4.69) is 0 Å². The van der Waals surface area contributed by atoms with Crippen molar-refractivity contribution < 1.29 is 14.7 Å². The quantitative estimate of drug-likeness (QED) is 0.812. The van der Waals surface area contributed by atoms with E-state index in [1.54, 1.807) is 11.9 Å². The van der Waals surface area contributed by atoms with E-state index in [-0.39, 0.29) is 30.9 Å². The van der Waals surface area contributed by atoms with Gasteiger partial charge in [0.1, 0.15) is 6.04 Å². The monoisotopic (exact) mass is 406 g/mol. The number of hydrogen-bond donors (Lipinski definition) is 1. The average molecular weight is 407 g/mol. The van der Waals surface area contributed by atoms with Crippen molar-refractivity contribution in [3.8, 4) is 0 Å². The molecule has 0 spiro atoms. The fraction of sp³-hybridized carbons (Fsp3) is 0.647. The summed E-state index contributed by atoms with van der Waals surface area (Å²) in [4.78, 5) is 28.9. The van der Waals surface area contributed by atoms with Crippen LogP contribution in [-0.4, -0.2) is 52.5 Å². The first-order valence-electron chi connectivity index (χ1n) is 8.42.